The molecule has 0 saturated carbocycles. The lowest BCUT2D eigenvalue weighted by Crippen LogP contribution is -2.45. The highest BCUT2D eigenvalue weighted by molar-refractivity contribution is 5.97. The van der Waals surface area contributed by atoms with Crippen molar-refractivity contribution in [1.82, 2.24) is 0 Å². The number of carbonyl (C=O) groups excluding carboxylic acids is 1. The Morgan fingerprint density at radius 3 is 2.39 bits per heavy atom. The Morgan fingerprint density at radius 2 is 1.86 bits per heavy atom. The molecule has 0 saturated heterocycles. The number of nitro benzene ring substituents is 1. The average Bonchev–Trinajstić information content (AvgIpc) is 2.60. The van der Waals surface area contributed by atoms with Gasteiger partial charge < -0.3 is 20.9 Å². The summed E-state index contributed by atoms with van der Waals surface area (Å²) >= 11 is 0. The van der Waals surface area contributed by atoms with E-state index in [9.17, 15) is 33.2 Å². The van der Waals surface area contributed by atoms with Crippen LogP contribution in [0.5, 0.6) is 5.75 Å². The van der Waals surface area contributed by atoms with Gasteiger partial charge in [-0.3, -0.25) is 14.9 Å². The van der Waals surface area contributed by atoms with E-state index in [1.807, 2.05) is 0 Å². The van der Waals surface area contributed by atoms with Crippen LogP contribution in [0.4, 0.5) is 30.2 Å². The van der Waals surface area contributed by atoms with E-state index < -0.39 is 40.5 Å². The first-order valence-corrected chi connectivity index (χ1v) is 7.78. The van der Waals surface area contributed by atoms with Crippen LogP contribution >= 0.6 is 0 Å². The SMILES string of the molecule is C[C@](O)(COc1ccc(N)cc1)C(=O)Nc1ccc([N+](=O)[O-])c(C(F)(F)F)c1. The monoisotopic (exact) mass is 399 g/mol. The Bertz CT molecular complexity index is 883. The molecule has 8 nitrogen and oxygen atoms in total. The maximum absolute atomic E-state index is 13.0. The smallest absolute Gasteiger partial charge is 0.423 e. The van der Waals surface area contributed by atoms with E-state index in [1.54, 1.807) is 12.1 Å². The lowest BCUT2D eigenvalue weighted by Gasteiger charge is -2.23. The normalized spacial score (nSPS) is 13.5. The minimum absolute atomic E-state index is 0.317. The van der Waals surface area contributed by atoms with Crippen molar-refractivity contribution in [1.29, 1.82) is 0 Å². The van der Waals surface area contributed by atoms with Gasteiger partial charge in [-0.05, 0) is 43.3 Å². The van der Waals surface area contributed by atoms with Crippen LogP contribution < -0.4 is 15.8 Å². The molecular weight excluding hydrogens is 383 g/mol. The number of hydrogen-bond donors (Lipinski definition) is 3. The number of nitrogens with two attached hydrogens (primary N) is 1. The summed E-state index contributed by atoms with van der Waals surface area (Å²) in [6.45, 7) is 0.609. The second-order valence-electron chi connectivity index (χ2n) is 6.07. The van der Waals surface area contributed by atoms with Crippen molar-refractivity contribution >= 4 is 23.0 Å². The van der Waals surface area contributed by atoms with Crippen LogP contribution in [0, 0.1) is 10.1 Å². The zero-order chi connectivity index (χ0) is 21.1. The highest BCUT2D eigenvalue weighted by Crippen LogP contribution is 2.37. The Labute approximate surface area is 156 Å². The number of nitrogens with zero attached hydrogens (tertiary/aromatic N) is 1. The summed E-state index contributed by atoms with van der Waals surface area (Å²) in [7, 11) is 0. The summed E-state index contributed by atoms with van der Waals surface area (Å²) in [5, 5.41) is 23.1. The van der Waals surface area contributed by atoms with E-state index in [-0.39, 0.29) is 5.69 Å². The van der Waals surface area contributed by atoms with Gasteiger partial charge in [0.05, 0.1) is 4.92 Å². The van der Waals surface area contributed by atoms with Gasteiger partial charge in [-0.1, -0.05) is 0 Å². The van der Waals surface area contributed by atoms with Gasteiger partial charge in [0, 0.05) is 17.4 Å². The average molecular weight is 399 g/mol. The molecule has 0 fully saturated rings. The molecule has 0 aliphatic rings. The largest absolute Gasteiger partial charge is 0.490 e. The summed E-state index contributed by atoms with van der Waals surface area (Å²) in [5.41, 5.74) is 0.875. The lowest BCUT2D eigenvalue weighted by atomic mass is 10.1. The molecule has 11 heteroatoms. The molecule has 0 aliphatic carbocycles. The molecule has 1 atom stereocenters. The Hall–Kier alpha value is -3.34. The van der Waals surface area contributed by atoms with Gasteiger partial charge in [-0.15, -0.1) is 0 Å². The lowest BCUT2D eigenvalue weighted by molar-refractivity contribution is -0.388. The highest BCUT2D eigenvalue weighted by Gasteiger charge is 2.39. The van der Waals surface area contributed by atoms with Crippen molar-refractivity contribution in [2.24, 2.45) is 0 Å². The zero-order valence-electron chi connectivity index (χ0n) is 14.5. The van der Waals surface area contributed by atoms with Crippen LogP contribution in [0.1, 0.15) is 12.5 Å². The first-order chi connectivity index (χ1) is 12.9. The first kappa shape index (κ1) is 21.0. The third-order valence-corrected chi connectivity index (χ3v) is 3.65. The van der Waals surface area contributed by atoms with Crippen molar-refractivity contribution in [3.8, 4) is 5.75 Å². The van der Waals surface area contributed by atoms with Gasteiger partial charge in [0.2, 0.25) is 0 Å². The van der Waals surface area contributed by atoms with Crippen LogP contribution in [0.3, 0.4) is 0 Å². The molecule has 2 aromatic carbocycles. The van der Waals surface area contributed by atoms with E-state index in [2.05, 4.69) is 5.32 Å². The van der Waals surface area contributed by atoms with Crippen molar-refractivity contribution in [2.45, 2.75) is 18.7 Å². The summed E-state index contributed by atoms with van der Waals surface area (Å²) < 4.78 is 44.3. The van der Waals surface area contributed by atoms with E-state index >= 15 is 0 Å². The van der Waals surface area contributed by atoms with Gasteiger partial charge in [0.15, 0.2) is 5.60 Å². The maximum Gasteiger partial charge on any atom is 0.423 e. The molecule has 2 aromatic rings. The number of hydrogen-bond acceptors (Lipinski definition) is 6. The fraction of sp³-hybridized carbons (Fsp3) is 0.235. The predicted molar refractivity (Wildman–Crippen MR) is 93.7 cm³/mol. The Balaban J connectivity index is 2.14. The molecule has 0 aromatic heterocycles. The molecule has 4 N–H and O–H groups in total. The topological polar surface area (TPSA) is 128 Å². The Kier molecular flexibility index (Phi) is 5.78. The summed E-state index contributed by atoms with van der Waals surface area (Å²) in [4.78, 5) is 21.8. The third kappa shape index (κ3) is 5.10. The molecule has 2 rings (SSSR count). The number of ether oxygens (including phenoxy) is 1. The highest BCUT2D eigenvalue weighted by atomic mass is 19.4. The molecule has 0 bridgehead atoms. The second kappa shape index (κ2) is 7.72. The van der Waals surface area contributed by atoms with Gasteiger partial charge >= 0.3 is 6.18 Å². The number of anilines is 2. The molecule has 0 heterocycles. The number of halogens is 3. The van der Waals surface area contributed by atoms with Crippen LogP contribution in [0.15, 0.2) is 42.5 Å². The molecule has 0 aliphatic heterocycles. The summed E-state index contributed by atoms with van der Waals surface area (Å²) in [6.07, 6.45) is -5.00. The fourth-order valence-electron chi connectivity index (χ4n) is 2.12. The van der Waals surface area contributed by atoms with Gasteiger partial charge in [-0.25, -0.2) is 0 Å². The van der Waals surface area contributed by atoms with Gasteiger partial charge in [0.25, 0.3) is 11.6 Å². The standard InChI is InChI=1S/C17H16F3N3O5/c1-16(25,9-28-12-5-2-10(21)3-6-12)15(24)22-11-4-7-14(23(26)27)13(8-11)17(18,19)20/h2-8,25H,9,21H2,1H3,(H,22,24)/t16-/m0/s1. The molecular formula is C17H16F3N3O5. The Morgan fingerprint density at radius 1 is 1.25 bits per heavy atom. The fourth-order valence-corrected chi connectivity index (χ4v) is 2.12. The maximum atomic E-state index is 13.0. The van der Waals surface area contributed by atoms with E-state index in [0.29, 0.717) is 23.6 Å². The number of nitro groups is 1. The van der Waals surface area contributed by atoms with E-state index in [0.717, 1.165) is 13.0 Å². The number of benzene rings is 2. The van der Waals surface area contributed by atoms with Gasteiger partial charge in [0.1, 0.15) is 17.9 Å². The van der Waals surface area contributed by atoms with Crippen molar-refractivity contribution in [3.05, 3.63) is 58.1 Å². The minimum atomic E-state index is -5.00. The quantitative estimate of drug-likeness (QED) is 0.389. The molecule has 28 heavy (non-hydrogen) atoms. The first-order valence-electron chi connectivity index (χ1n) is 7.78. The van der Waals surface area contributed by atoms with Gasteiger partial charge in [-0.2, -0.15) is 13.2 Å². The van der Waals surface area contributed by atoms with Crippen molar-refractivity contribution < 1.29 is 32.7 Å². The molecule has 0 unspecified atom stereocenters. The van der Waals surface area contributed by atoms with Crippen LogP contribution in [0.2, 0.25) is 0 Å². The van der Waals surface area contributed by atoms with E-state index in [4.69, 9.17) is 10.5 Å². The second-order valence-corrected chi connectivity index (χ2v) is 6.07. The van der Waals surface area contributed by atoms with Crippen molar-refractivity contribution in [3.63, 3.8) is 0 Å². The number of carbonyl (C=O) groups is 1. The zero-order valence-corrected chi connectivity index (χ0v) is 14.5. The van der Waals surface area contributed by atoms with Crippen molar-refractivity contribution in [2.75, 3.05) is 17.7 Å². The third-order valence-electron chi connectivity index (χ3n) is 3.65. The predicted octanol–water partition coefficient (Wildman–Crippen LogP) is 2.96. The number of nitrogen functional groups attached to an aromatic ring is 1. The number of alkyl halides is 3. The summed E-state index contributed by atoms with van der Waals surface area (Å²) in [6, 6.07) is 8.08. The summed E-state index contributed by atoms with van der Waals surface area (Å²) in [5.74, 6) is -0.734. The van der Waals surface area contributed by atoms with Crippen LogP contribution in [0.25, 0.3) is 0 Å². The van der Waals surface area contributed by atoms with Crippen LogP contribution in [-0.4, -0.2) is 28.1 Å². The number of rotatable bonds is 6. The number of aliphatic hydroxyl groups is 1. The molecule has 0 spiro atoms. The molecule has 1 amide bonds. The van der Waals surface area contributed by atoms with E-state index in [1.165, 1.54) is 12.1 Å². The molecule has 0 radical (unpaired) electrons. The molecule has 150 valence electrons. The number of amides is 1. The minimum Gasteiger partial charge on any atom is -0.490 e. The number of nitrogens with one attached hydrogen (secondary N) is 1. The van der Waals surface area contributed by atoms with Crippen LogP contribution in [-0.2, 0) is 11.0 Å².